The molecule has 0 atom stereocenters. The molecular formula is C14H22BrNS. The molecule has 0 aromatic carbocycles. The first-order valence-corrected chi connectivity index (χ1v) is 8.28. The molecule has 0 bridgehead atoms. The van der Waals surface area contributed by atoms with Crippen molar-refractivity contribution in [1.29, 1.82) is 0 Å². The molecule has 2 N–H and O–H groups in total. The van der Waals surface area contributed by atoms with Gasteiger partial charge in [0.1, 0.15) is 0 Å². The van der Waals surface area contributed by atoms with Crippen LogP contribution in [0.2, 0.25) is 0 Å². The largest absolute Gasteiger partial charge is 0.330 e. The molecule has 17 heavy (non-hydrogen) atoms. The first-order chi connectivity index (χ1) is 8.17. The van der Waals surface area contributed by atoms with Gasteiger partial charge in [0.2, 0.25) is 0 Å². The van der Waals surface area contributed by atoms with Crippen LogP contribution in [0, 0.1) is 11.3 Å². The van der Waals surface area contributed by atoms with E-state index in [0.29, 0.717) is 5.41 Å². The summed E-state index contributed by atoms with van der Waals surface area (Å²) >= 11 is 5.40. The van der Waals surface area contributed by atoms with E-state index in [4.69, 9.17) is 5.73 Å². The van der Waals surface area contributed by atoms with Gasteiger partial charge in [-0.1, -0.05) is 13.3 Å². The van der Waals surface area contributed by atoms with Gasteiger partial charge in [0.25, 0.3) is 0 Å². The highest BCUT2D eigenvalue weighted by molar-refractivity contribution is 9.10. The van der Waals surface area contributed by atoms with Crippen LogP contribution in [0.25, 0.3) is 0 Å². The van der Waals surface area contributed by atoms with Gasteiger partial charge in [-0.15, -0.1) is 11.3 Å². The first kappa shape index (κ1) is 13.6. The zero-order valence-electron chi connectivity index (χ0n) is 10.5. The summed E-state index contributed by atoms with van der Waals surface area (Å²) in [6.07, 6.45) is 7.90. The molecule has 2 rings (SSSR count). The Morgan fingerprint density at radius 3 is 2.65 bits per heavy atom. The number of hydrogen-bond acceptors (Lipinski definition) is 2. The molecule has 0 saturated heterocycles. The number of thiophene rings is 1. The Morgan fingerprint density at radius 2 is 2.18 bits per heavy atom. The van der Waals surface area contributed by atoms with Crippen LogP contribution in [-0.4, -0.2) is 6.54 Å². The predicted octanol–water partition coefficient (Wildman–Crippen LogP) is 4.60. The van der Waals surface area contributed by atoms with E-state index in [1.165, 1.54) is 47.9 Å². The van der Waals surface area contributed by atoms with Gasteiger partial charge >= 0.3 is 0 Å². The molecule has 0 unspecified atom stereocenters. The molecule has 0 amide bonds. The number of nitrogens with two attached hydrogens (primary N) is 1. The fourth-order valence-electron chi connectivity index (χ4n) is 2.97. The molecule has 1 aromatic heterocycles. The standard InChI is InChI=1S/C14H22BrNS/c1-2-11-3-5-14(10-16,6-4-11)8-13-7-12(15)9-17-13/h7,9,11H,2-6,8,10,16H2,1H3. The number of halogens is 1. The zero-order chi connectivity index (χ0) is 12.3. The van der Waals surface area contributed by atoms with E-state index in [9.17, 15) is 0 Å². The first-order valence-electron chi connectivity index (χ1n) is 6.60. The molecule has 1 nitrogen and oxygen atoms in total. The third kappa shape index (κ3) is 3.33. The Hall–Kier alpha value is 0.140. The third-order valence-electron chi connectivity index (χ3n) is 4.35. The van der Waals surface area contributed by atoms with E-state index in [2.05, 4.69) is 34.3 Å². The summed E-state index contributed by atoms with van der Waals surface area (Å²) in [5, 5.41) is 2.18. The van der Waals surface area contributed by atoms with Crippen LogP contribution in [0.4, 0.5) is 0 Å². The molecule has 1 fully saturated rings. The average molecular weight is 316 g/mol. The molecule has 1 saturated carbocycles. The maximum atomic E-state index is 6.07. The molecule has 1 heterocycles. The number of rotatable bonds is 4. The van der Waals surface area contributed by atoms with Gasteiger partial charge in [0, 0.05) is 14.7 Å². The van der Waals surface area contributed by atoms with Crippen molar-refractivity contribution >= 4 is 27.3 Å². The zero-order valence-corrected chi connectivity index (χ0v) is 12.9. The molecule has 3 heteroatoms. The van der Waals surface area contributed by atoms with E-state index in [1.807, 2.05) is 11.3 Å². The van der Waals surface area contributed by atoms with Gasteiger partial charge in [-0.05, 0) is 72.0 Å². The van der Waals surface area contributed by atoms with Crippen molar-refractivity contribution in [2.75, 3.05) is 6.54 Å². The van der Waals surface area contributed by atoms with Gasteiger partial charge < -0.3 is 5.73 Å². The SMILES string of the molecule is CCC1CCC(CN)(Cc2cc(Br)cs2)CC1. The molecule has 1 aromatic rings. The van der Waals surface area contributed by atoms with Crippen LogP contribution in [-0.2, 0) is 6.42 Å². The Morgan fingerprint density at radius 1 is 1.47 bits per heavy atom. The lowest BCUT2D eigenvalue weighted by Crippen LogP contribution is -2.36. The quantitative estimate of drug-likeness (QED) is 0.863. The van der Waals surface area contributed by atoms with Crippen LogP contribution >= 0.6 is 27.3 Å². The summed E-state index contributed by atoms with van der Waals surface area (Å²) in [5.74, 6) is 0.949. The Bertz CT molecular complexity index is 353. The fraction of sp³-hybridized carbons (Fsp3) is 0.714. The number of hydrogen-bond donors (Lipinski definition) is 1. The van der Waals surface area contributed by atoms with Crippen LogP contribution in [0.3, 0.4) is 0 Å². The topological polar surface area (TPSA) is 26.0 Å². The van der Waals surface area contributed by atoms with E-state index < -0.39 is 0 Å². The molecule has 0 aliphatic heterocycles. The van der Waals surface area contributed by atoms with Crippen LogP contribution in [0.1, 0.15) is 43.9 Å². The summed E-state index contributed by atoms with van der Waals surface area (Å²) in [6, 6.07) is 2.26. The minimum absolute atomic E-state index is 0.385. The molecular weight excluding hydrogens is 294 g/mol. The fourth-order valence-corrected chi connectivity index (χ4v) is 4.59. The summed E-state index contributed by atoms with van der Waals surface area (Å²) < 4.78 is 1.21. The van der Waals surface area contributed by atoms with Crippen LogP contribution < -0.4 is 5.73 Å². The third-order valence-corrected chi connectivity index (χ3v) is 6.04. The Kier molecular flexibility index (Phi) is 4.67. The second-order valence-corrected chi connectivity index (χ2v) is 7.38. The van der Waals surface area contributed by atoms with Crippen LogP contribution in [0.15, 0.2) is 15.9 Å². The highest BCUT2D eigenvalue weighted by Crippen LogP contribution is 2.42. The van der Waals surface area contributed by atoms with Crippen molar-refractivity contribution in [3.8, 4) is 0 Å². The van der Waals surface area contributed by atoms with Gasteiger partial charge in [0.05, 0.1) is 0 Å². The molecule has 0 spiro atoms. The van der Waals surface area contributed by atoms with Crippen molar-refractivity contribution in [3.63, 3.8) is 0 Å². The Balaban J connectivity index is 2.01. The van der Waals surface area contributed by atoms with E-state index in [-0.39, 0.29) is 0 Å². The summed E-state index contributed by atoms with van der Waals surface area (Å²) in [6.45, 7) is 3.16. The maximum absolute atomic E-state index is 6.07. The molecule has 1 aliphatic rings. The minimum atomic E-state index is 0.385. The molecule has 1 aliphatic carbocycles. The second kappa shape index (κ2) is 5.85. The molecule has 96 valence electrons. The van der Waals surface area contributed by atoms with Crippen molar-refractivity contribution in [1.82, 2.24) is 0 Å². The van der Waals surface area contributed by atoms with Gasteiger partial charge in [-0.2, -0.15) is 0 Å². The average Bonchev–Trinajstić information content (AvgIpc) is 2.75. The van der Waals surface area contributed by atoms with Crippen molar-refractivity contribution in [2.24, 2.45) is 17.1 Å². The lowest BCUT2D eigenvalue weighted by Gasteiger charge is -2.39. The minimum Gasteiger partial charge on any atom is -0.330 e. The summed E-state index contributed by atoms with van der Waals surface area (Å²) in [5.41, 5.74) is 6.46. The normalized spacial score (nSPS) is 29.5. The lowest BCUT2D eigenvalue weighted by molar-refractivity contribution is 0.154. The maximum Gasteiger partial charge on any atom is 0.0285 e. The predicted molar refractivity (Wildman–Crippen MR) is 79.5 cm³/mol. The lowest BCUT2D eigenvalue weighted by atomic mass is 9.68. The van der Waals surface area contributed by atoms with Gasteiger partial charge in [0.15, 0.2) is 0 Å². The monoisotopic (exact) mass is 315 g/mol. The van der Waals surface area contributed by atoms with E-state index in [1.54, 1.807) is 0 Å². The van der Waals surface area contributed by atoms with E-state index >= 15 is 0 Å². The smallest absolute Gasteiger partial charge is 0.0285 e. The summed E-state index contributed by atoms with van der Waals surface area (Å²) in [7, 11) is 0. The van der Waals surface area contributed by atoms with Crippen molar-refractivity contribution in [3.05, 3.63) is 20.8 Å². The van der Waals surface area contributed by atoms with Crippen LogP contribution in [0.5, 0.6) is 0 Å². The van der Waals surface area contributed by atoms with Crippen molar-refractivity contribution in [2.45, 2.75) is 45.4 Å². The van der Waals surface area contributed by atoms with Gasteiger partial charge in [-0.25, -0.2) is 0 Å². The summed E-state index contributed by atoms with van der Waals surface area (Å²) in [4.78, 5) is 1.48. The van der Waals surface area contributed by atoms with Crippen molar-refractivity contribution < 1.29 is 0 Å². The molecule has 0 radical (unpaired) electrons. The highest BCUT2D eigenvalue weighted by Gasteiger charge is 2.34. The second-order valence-electron chi connectivity index (χ2n) is 5.46. The van der Waals surface area contributed by atoms with E-state index in [0.717, 1.165) is 12.5 Å². The van der Waals surface area contributed by atoms with Gasteiger partial charge in [-0.3, -0.25) is 0 Å². The Labute approximate surface area is 117 Å². The highest BCUT2D eigenvalue weighted by atomic mass is 79.9.